The van der Waals surface area contributed by atoms with E-state index in [-0.39, 0.29) is 23.1 Å². The number of rotatable bonds is 11. The van der Waals surface area contributed by atoms with Crippen LogP contribution in [0.4, 0.5) is 0 Å². The van der Waals surface area contributed by atoms with Gasteiger partial charge in [0.15, 0.2) is 0 Å². The van der Waals surface area contributed by atoms with Gasteiger partial charge in [-0.1, -0.05) is 198 Å². The van der Waals surface area contributed by atoms with Crippen molar-refractivity contribution in [2.75, 3.05) is 0 Å². The molecule has 6 aromatic heterocycles. The summed E-state index contributed by atoms with van der Waals surface area (Å²) >= 11 is 0. The number of hydrogen-bond acceptors (Lipinski definition) is 7. The highest BCUT2D eigenvalue weighted by Crippen LogP contribution is 2.35. The number of pyridine rings is 2. The summed E-state index contributed by atoms with van der Waals surface area (Å²) in [5.41, 5.74) is 10.4. The quantitative estimate of drug-likeness (QED) is 0.0950. The zero-order valence-electron chi connectivity index (χ0n) is 39.0. The lowest BCUT2D eigenvalue weighted by atomic mass is 9.50. The SMILES string of the molecule is [C-]#[N+]/C(c1nc2cccnc2o1)=c1\c2c(Cc3ccccc3)n(B(c3ccccc3)c3ccccc3)/c(=C(/C#N)c3nc4cccnc4o3)c2c(-c2ccccc2C)n1B(c1ccccc1)c1ccccc1. The molecule has 6 aromatic carbocycles. The first kappa shape index (κ1) is 43.5. The van der Waals surface area contributed by atoms with Crippen molar-refractivity contribution >= 4 is 80.0 Å². The molecule has 6 heterocycles. The first-order chi connectivity index (χ1) is 35.6. The zero-order valence-corrected chi connectivity index (χ0v) is 39.0. The molecule has 12 heteroatoms. The van der Waals surface area contributed by atoms with Crippen LogP contribution in [0.1, 0.15) is 28.6 Å². The highest BCUT2D eigenvalue weighted by molar-refractivity contribution is 6.85. The number of fused-ring (bicyclic) bond motifs is 3. The maximum absolute atomic E-state index is 12.0. The minimum atomic E-state index is -0.535. The minimum Gasteiger partial charge on any atom is -0.429 e. The van der Waals surface area contributed by atoms with Gasteiger partial charge in [-0.05, 0) is 42.3 Å². The van der Waals surface area contributed by atoms with Crippen molar-refractivity contribution in [1.29, 1.82) is 5.26 Å². The van der Waals surface area contributed by atoms with Crippen molar-refractivity contribution in [2.24, 2.45) is 0 Å². The molecular formula is C60H40B2N8O2. The number of nitriles is 1. The lowest BCUT2D eigenvalue weighted by Gasteiger charge is -2.24. The molecule has 338 valence electrons. The van der Waals surface area contributed by atoms with Gasteiger partial charge in [-0.15, -0.1) is 0 Å². The molecule has 12 aromatic rings. The zero-order chi connectivity index (χ0) is 48.5. The summed E-state index contributed by atoms with van der Waals surface area (Å²) in [5, 5.41) is 14.6. The van der Waals surface area contributed by atoms with Crippen LogP contribution in [0.25, 0.3) is 60.6 Å². The van der Waals surface area contributed by atoms with E-state index in [2.05, 4.69) is 110 Å². The van der Waals surface area contributed by atoms with E-state index in [1.54, 1.807) is 18.5 Å². The predicted octanol–water partition coefficient (Wildman–Crippen LogP) is 8.19. The van der Waals surface area contributed by atoms with Crippen molar-refractivity contribution in [3.8, 4) is 17.3 Å². The predicted molar refractivity (Wildman–Crippen MR) is 286 cm³/mol. The summed E-state index contributed by atoms with van der Waals surface area (Å²) in [6.45, 7) is 10.4. The van der Waals surface area contributed by atoms with Crippen LogP contribution in [0.2, 0.25) is 0 Å². The van der Waals surface area contributed by atoms with Crippen LogP contribution in [-0.2, 0) is 6.42 Å². The van der Waals surface area contributed by atoms with E-state index >= 15 is 0 Å². The van der Waals surface area contributed by atoms with Gasteiger partial charge in [-0.25, -0.2) is 24.8 Å². The first-order valence-corrected chi connectivity index (χ1v) is 23.7. The topological polar surface area (TPSA) is 116 Å². The molecule has 10 nitrogen and oxygen atoms in total. The average molecular weight is 927 g/mol. The standard InChI is InChI=1S/C60H40B2N8O2/c1-40-22-18-19-33-46(40)54-52-51(56(53(64-2)60-68-49-35-21-37-66-59(49)72-60)70(54)62(44-29-14-6-15-30-44)45-31-16-7-17-32-45)50(38-41-23-8-3-9-24-41)69(61(42-25-10-4-11-26-42)43-27-12-5-13-28-43)55(52)47(39-63)57-67-48-34-20-36-65-58(48)71-57/h3-37H,38H2,1H3/b55-47-,56-53+. The van der Waals surface area contributed by atoms with Crippen molar-refractivity contribution < 1.29 is 8.83 Å². The van der Waals surface area contributed by atoms with Crippen LogP contribution in [0.5, 0.6) is 0 Å². The number of hydrogen-bond donors (Lipinski definition) is 0. The maximum Gasteiger partial charge on any atom is 0.327 e. The third-order valence-electron chi connectivity index (χ3n) is 13.3. The van der Waals surface area contributed by atoms with Crippen LogP contribution in [-0.4, -0.2) is 42.6 Å². The summed E-state index contributed by atoms with van der Waals surface area (Å²) in [7, 11) is 0. The van der Waals surface area contributed by atoms with E-state index in [0.29, 0.717) is 39.6 Å². The van der Waals surface area contributed by atoms with Gasteiger partial charge in [0.05, 0.1) is 11.9 Å². The van der Waals surface area contributed by atoms with E-state index in [1.165, 1.54) is 0 Å². The van der Waals surface area contributed by atoms with Crippen LogP contribution < -0.4 is 32.5 Å². The molecule has 0 N–H and O–H groups in total. The molecule has 0 unspecified atom stereocenters. The smallest absolute Gasteiger partial charge is 0.327 e. The molecule has 0 atom stereocenters. The highest BCUT2D eigenvalue weighted by Gasteiger charge is 2.37. The second kappa shape index (κ2) is 18.6. The Bertz CT molecular complexity index is 3940. The highest BCUT2D eigenvalue weighted by atomic mass is 16.4. The van der Waals surface area contributed by atoms with Crippen LogP contribution in [0.3, 0.4) is 0 Å². The molecule has 0 aliphatic rings. The van der Waals surface area contributed by atoms with Gasteiger partial charge < -0.3 is 17.8 Å². The fraction of sp³-hybridized carbons (Fsp3) is 0.0333. The molecule has 72 heavy (non-hydrogen) atoms. The molecule has 12 rings (SSSR count). The second-order valence-electron chi connectivity index (χ2n) is 17.5. The van der Waals surface area contributed by atoms with E-state index in [1.807, 2.05) is 121 Å². The Morgan fingerprint density at radius 1 is 0.556 bits per heavy atom. The van der Waals surface area contributed by atoms with Crippen molar-refractivity contribution in [3.05, 3.63) is 263 Å². The van der Waals surface area contributed by atoms with Crippen LogP contribution >= 0.6 is 0 Å². The van der Waals surface area contributed by atoms with Gasteiger partial charge in [0.25, 0.3) is 5.70 Å². The number of benzene rings is 6. The van der Waals surface area contributed by atoms with Gasteiger partial charge in [0, 0.05) is 51.9 Å². The molecule has 0 amide bonds. The molecule has 0 aliphatic heterocycles. The third kappa shape index (κ3) is 7.56. The fourth-order valence-electron chi connectivity index (χ4n) is 10.2. The summed E-state index contributed by atoms with van der Waals surface area (Å²) in [6, 6.07) is 70.0. The van der Waals surface area contributed by atoms with E-state index in [9.17, 15) is 11.8 Å². The summed E-state index contributed by atoms with van der Waals surface area (Å²) < 4.78 is 17.7. The Balaban J connectivity index is 1.44. The average Bonchev–Trinajstić information content (AvgIpc) is 4.22. The third-order valence-corrected chi connectivity index (χ3v) is 13.3. The van der Waals surface area contributed by atoms with E-state index in [4.69, 9.17) is 18.8 Å². The molecule has 0 bridgehead atoms. The molecule has 0 fully saturated rings. The van der Waals surface area contributed by atoms with Crippen LogP contribution in [0, 0.1) is 24.8 Å². The van der Waals surface area contributed by atoms with Crippen molar-refractivity contribution in [3.63, 3.8) is 0 Å². The van der Waals surface area contributed by atoms with Gasteiger partial charge in [0.1, 0.15) is 22.7 Å². The Morgan fingerprint density at radius 2 is 1.03 bits per heavy atom. The van der Waals surface area contributed by atoms with Gasteiger partial charge in [-0.2, -0.15) is 5.26 Å². The molecular weight excluding hydrogens is 886 g/mol. The summed E-state index contributed by atoms with van der Waals surface area (Å²) in [4.78, 5) is 23.6. The van der Waals surface area contributed by atoms with E-state index < -0.39 is 13.7 Å². The Hall–Kier alpha value is -9.77. The van der Waals surface area contributed by atoms with Crippen molar-refractivity contribution in [2.45, 2.75) is 13.3 Å². The van der Waals surface area contributed by atoms with Gasteiger partial charge in [-0.3, -0.25) is 0 Å². The maximum atomic E-state index is 12.0. The Kier molecular flexibility index (Phi) is 11.2. The summed E-state index contributed by atoms with van der Waals surface area (Å²) in [6.07, 6.45) is 3.70. The van der Waals surface area contributed by atoms with Gasteiger partial charge >= 0.3 is 13.7 Å². The molecule has 0 spiro atoms. The lowest BCUT2D eigenvalue weighted by molar-refractivity contribution is 0.574. The van der Waals surface area contributed by atoms with Gasteiger partial charge in [0.2, 0.25) is 23.2 Å². The minimum absolute atomic E-state index is 0.116. The monoisotopic (exact) mass is 926 g/mol. The first-order valence-electron chi connectivity index (χ1n) is 23.7. The summed E-state index contributed by atoms with van der Waals surface area (Å²) in [5.74, 6) is 0.234. The number of oxazole rings is 2. The normalized spacial score (nSPS) is 12.2. The Labute approximate surface area is 415 Å². The Morgan fingerprint density at radius 3 is 1.53 bits per heavy atom. The molecule has 0 saturated carbocycles. The van der Waals surface area contributed by atoms with Crippen molar-refractivity contribution in [1.82, 2.24) is 28.9 Å². The lowest BCUT2D eigenvalue weighted by Crippen LogP contribution is -2.54. The number of aromatic nitrogens is 6. The molecule has 0 saturated heterocycles. The van der Waals surface area contributed by atoms with E-state index in [0.717, 1.165) is 60.7 Å². The second-order valence-corrected chi connectivity index (χ2v) is 17.5. The van der Waals surface area contributed by atoms with Crippen LogP contribution in [0.15, 0.2) is 221 Å². The largest absolute Gasteiger partial charge is 0.429 e. The fourth-order valence-corrected chi connectivity index (χ4v) is 10.2. The number of nitrogens with zero attached hydrogens (tertiary/aromatic N) is 8. The molecule has 0 radical (unpaired) electrons. The molecule has 0 aliphatic carbocycles. The number of aryl methyl sites for hydroxylation is 1.